The molecule has 1 aliphatic carbocycles. The van der Waals surface area contributed by atoms with E-state index in [9.17, 15) is 14.9 Å². The standard InChI is InChI=1S/C29H36N4O3/c1-33(29(21-30)15-17-31-18-16-29)28(35)26(19-22-9-4-2-5-10-22)32-27(34)23-11-8-14-25(20-23)36-24-12-6-3-7-13-24/h3,6-8,11-14,20,22,26,31H,2,4-5,9-10,15-19H2,1H3,(H,32,34). The summed E-state index contributed by atoms with van der Waals surface area (Å²) in [7, 11) is 1.71. The van der Waals surface area contributed by atoms with Gasteiger partial charge >= 0.3 is 0 Å². The minimum atomic E-state index is -0.846. The van der Waals surface area contributed by atoms with Crippen LogP contribution in [0.15, 0.2) is 54.6 Å². The smallest absolute Gasteiger partial charge is 0.252 e. The number of benzene rings is 2. The van der Waals surface area contributed by atoms with Gasteiger partial charge in [-0.1, -0.05) is 56.4 Å². The van der Waals surface area contributed by atoms with Crippen molar-refractivity contribution in [2.24, 2.45) is 5.92 Å². The van der Waals surface area contributed by atoms with Crippen molar-refractivity contribution in [1.29, 1.82) is 5.26 Å². The van der Waals surface area contributed by atoms with Gasteiger partial charge in [-0.3, -0.25) is 9.59 Å². The predicted molar refractivity (Wildman–Crippen MR) is 139 cm³/mol. The molecule has 0 spiro atoms. The normalized spacial score (nSPS) is 18.4. The van der Waals surface area contributed by atoms with Crippen molar-refractivity contribution in [3.63, 3.8) is 0 Å². The summed E-state index contributed by atoms with van der Waals surface area (Å²) in [4.78, 5) is 28.7. The molecule has 1 atom stereocenters. The quantitative estimate of drug-likeness (QED) is 0.564. The summed E-state index contributed by atoms with van der Waals surface area (Å²) >= 11 is 0. The van der Waals surface area contributed by atoms with Gasteiger partial charge in [0.05, 0.1) is 6.07 Å². The van der Waals surface area contributed by atoms with Crippen LogP contribution in [0.1, 0.15) is 61.7 Å². The first-order valence-electron chi connectivity index (χ1n) is 13.0. The van der Waals surface area contributed by atoms with Gasteiger partial charge in [0.25, 0.3) is 5.91 Å². The molecule has 190 valence electrons. The summed E-state index contributed by atoms with van der Waals surface area (Å²) in [5.74, 6) is 1.13. The third-order valence-corrected chi connectivity index (χ3v) is 7.58. The highest BCUT2D eigenvalue weighted by atomic mass is 16.5. The molecule has 1 saturated heterocycles. The summed E-state index contributed by atoms with van der Waals surface area (Å²) in [6.07, 6.45) is 7.41. The lowest BCUT2D eigenvalue weighted by Crippen LogP contribution is -2.59. The van der Waals surface area contributed by atoms with E-state index in [2.05, 4.69) is 16.7 Å². The zero-order chi connectivity index (χ0) is 25.4. The molecule has 0 radical (unpaired) electrons. The number of hydrogen-bond acceptors (Lipinski definition) is 5. The van der Waals surface area contributed by atoms with Gasteiger partial charge in [0.1, 0.15) is 23.1 Å². The predicted octanol–water partition coefficient (Wildman–Crippen LogP) is 4.65. The fourth-order valence-electron chi connectivity index (χ4n) is 5.35. The molecule has 7 heteroatoms. The zero-order valence-corrected chi connectivity index (χ0v) is 21.0. The van der Waals surface area contributed by atoms with E-state index in [4.69, 9.17) is 4.74 Å². The monoisotopic (exact) mass is 488 g/mol. The second-order valence-electron chi connectivity index (χ2n) is 10.00. The minimum absolute atomic E-state index is 0.186. The average molecular weight is 489 g/mol. The molecule has 2 amide bonds. The summed E-state index contributed by atoms with van der Waals surface area (Å²) in [5.41, 5.74) is -0.411. The number of likely N-dealkylation sites (N-methyl/N-ethyl adjacent to an activating group) is 1. The van der Waals surface area contributed by atoms with E-state index in [0.29, 0.717) is 55.3 Å². The largest absolute Gasteiger partial charge is 0.457 e. The van der Waals surface area contributed by atoms with Gasteiger partial charge in [-0.15, -0.1) is 0 Å². The number of piperidine rings is 1. The van der Waals surface area contributed by atoms with Crippen LogP contribution in [-0.4, -0.2) is 48.4 Å². The summed E-state index contributed by atoms with van der Waals surface area (Å²) in [6, 6.07) is 18.1. The Balaban J connectivity index is 1.51. The topological polar surface area (TPSA) is 94.5 Å². The van der Waals surface area contributed by atoms with Crippen molar-refractivity contribution < 1.29 is 14.3 Å². The maximum Gasteiger partial charge on any atom is 0.252 e. The van der Waals surface area contributed by atoms with Gasteiger partial charge in [-0.05, 0) is 68.6 Å². The summed E-state index contributed by atoms with van der Waals surface area (Å²) in [6.45, 7) is 1.39. The molecule has 2 fully saturated rings. The molecule has 1 saturated carbocycles. The number of carbonyl (C=O) groups is 2. The molecule has 2 aromatic rings. The van der Waals surface area contributed by atoms with Crippen LogP contribution < -0.4 is 15.4 Å². The van der Waals surface area contributed by atoms with Crippen molar-refractivity contribution >= 4 is 11.8 Å². The van der Waals surface area contributed by atoms with Gasteiger partial charge in [-0.2, -0.15) is 5.26 Å². The highest BCUT2D eigenvalue weighted by Crippen LogP contribution is 2.30. The van der Waals surface area contributed by atoms with E-state index in [0.717, 1.165) is 25.7 Å². The van der Waals surface area contributed by atoms with Crippen molar-refractivity contribution in [1.82, 2.24) is 15.5 Å². The molecule has 0 bridgehead atoms. The van der Waals surface area contributed by atoms with E-state index >= 15 is 0 Å². The number of amides is 2. The second-order valence-corrected chi connectivity index (χ2v) is 10.00. The van der Waals surface area contributed by atoms with Gasteiger partial charge in [0.15, 0.2) is 0 Å². The Kier molecular flexibility index (Phi) is 8.61. The number of nitriles is 1. The van der Waals surface area contributed by atoms with Gasteiger partial charge in [-0.25, -0.2) is 0 Å². The Labute approximate surface area is 213 Å². The number of nitrogens with one attached hydrogen (secondary N) is 2. The first-order valence-corrected chi connectivity index (χ1v) is 13.0. The maximum atomic E-state index is 13.8. The minimum Gasteiger partial charge on any atom is -0.457 e. The highest BCUT2D eigenvalue weighted by molar-refractivity contribution is 5.98. The van der Waals surface area contributed by atoms with Crippen LogP contribution in [0.25, 0.3) is 0 Å². The third-order valence-electron chi connectivity index (χ3n) is 7.58. The molecule has 4 rings (SSSR count). The van der Waals surface area contributed by atoms with Gasteiger partial charge in [0, 0.05) is 12.6 Å². The molecule has 2 aliphatic rings. The van der Waals surface area contributed by atoms with Crippen LogP contribution in [-0.2, 0) is 4.79 Å². The lowest BCUT2D eigenvalue weighted by Gasteiger charge is -2.41. The Morgan fingerprint density at radius 1 is 1.08 bits per heavy atom. The molecule has 1 aliphatic heterocycles. The Hall–Kier alpha value is -3.37. The molecule has 36 heavy (non-hydrogen) atoms. The molecular weight excluding hydrogens is 452 g/mol. The van der Waals surface area contributed by atoms with Crippen LogP contribution in [0.3, 0.4) is 0 Å². The van der Waals surface area contributed by atoms with Crippen LogP contribution >= 0.6 is 0 Å². The summed E-state index contributed by atoms with van der Waals surface area (Å²) in [5, 5.41) is 16.3. The number of rotatable bonds is 8. The first-order chi connectivity index (χ1) is 17.5. The van der Waals surface area contributed by atoms with Crippen LogP contribution in [0.4, 0.5) is 0 Å². The molecule has 0 aromatic heterocycles. The average Bonchev–Trinajstić information content (AvgIpc) is 2.93. The van der Waals surface area contributed by atoms with E-state index < -0.39 is 11.6 Å². The van der Waals surface area contributed by atoms with Crippen molar-refractivity contribution in [3.05, 3.63) is 60.2 Å². The Bertz CT molecular complexity index is 1070. The van der Waals surface area contributed by atoms with E-state index in [1.54, 1.807) is 36.2 Å². The molecule has 7 nitrogen and oxygen atoms in total. The van der Waals surface area contributed by atoms with E-state index in [-0.39, 0.29) is 11.8 Å². The van der Waals surface area contributed by atoms with E-state index in [1.165, 1.54) is 6.42 Å². The van der Waals surface area contributed by atoms with Gasteiger partial charge < -0.3 is 20.3 Å². The molecule has 2 aromatic carbocycles. The highest BCUT2D eigenvalue weighted by Gasteiger charge is 2.41. The Morgan fingerprint density at radius 3 is 2.47 bits per heavy atom. The van der Waals surface area contributed by atoms with Gasteiger partial charge in [0.2, 0.25) is 5.91 Å². The number of para-hydroxylation sites is 1. The summed E-state index contributed by atoms with van der Waals surface area (Å²) < 4.78 is 5.89. The molecule has 2 N–H and O–H groups in total. The maximum absolute atomic E-state index is 13.8. The Morgan fingerprint density at radius 2 is 1.78 bits per heavy atom. The number of nitrogens with zero attached hydrogens (tertiary/aromatic N) is 2. The lowest BCUT2D eigenvalue weighted by molar-refractivity contribution is -0.137. The fraction of sp³-hybridized carbons (Fsp3) is 0.483. The SMILES string of the molecule is CN(C(=O)C(CC1CCCCC1)NC(=O)c1cccc(Oc2ccccc2)c1)C1(C#N)CCNCC1. The molecule has 1 heterocycles. The van der Waals surface area contributed by atoms with E-state index in [1.807, 2.05) is 30.3 Å². The second kappa shape index (κ2) is 12.0. The molecular formula is C29H36N4O3. The number of ether oxygens (including phenoxy) is 1. The zero-order valence-electron chi connectivity index (χ0n) is 21.0. The number of carbonyl (C=O) groups excluding carboxylic acids is 2. The van der Waals surface area contributed by atoms with Crippen molar-refractivity contribution in [2.75, 3.05) is 20.1 Å². The van der Waals surface area contributed by atoms with Crippen molar-refractivity contribution in [3.8, 4) is 17.6 Å². The lowest BCUT2D eigenvalue weighted by atomic mass is 9.83. The van der Waals surface area contributed by atoms with Crippen LogP contribution in [0.2, 0.25) is 0 Å². The number of hydrogen-bond donors (Lipinski definition) is 2. The first kappa shape index (κ1) is 25.7. The third kappa shape index (κ3) is 6.24. The van der Waals surface area contributed by atoms with Crippen LogP contribution in [0.5, 0.6) is 11.5 Å². The van der Waals surface area contributed by atoms with Crippen LogP contribution in [0, 0.1) is 17.2 Å². The fourth-order valence-corrected chi connectivity index (χ4v) is 5.35. The molecule has 1 unspecified atom stereocenters. The van der Waals surface area contributed by atoms with Crippen molar-refractivity contribution in [2.45, 2.75) is 62.9 Å².